The summed E-state index contributed by atoms with van der Waals surface area (Å²) in [5.74, 6) is -0.0757. The molecule has 1 amide bonds. The fourth-order valence-electron chi connectivity index (χ4n) is 2.63. The highest BCUT2D eigenvalue weighted by atomic mass is 19.4. The normalized spacial score (nSPS) is 11.4. The summed E-state index contributed by atoms with van der Waals surface area (Å²) in [5, 5.41) is 2.95. The molecule has 2 aromatic carbocycles. The Balaban J connectivity index is 1.85. The average Bonchev–Trinajstić information content (AvgIpc) is 2.60. The molecule has 0 aliphatic carbocycles. The quantitative estimate of drug-likeness (QED) is 0.698. The monoisotopic (exact) mass is 377 g/mol. The highest BCUT2D eigenvalue weighted by Crippen LogP contribution is 2.30. The van der Waals surface area contributed by atoms with E-state index in [9.17, 15) is 22.8 Å². The lowest BCUT2D eigenvalue weighted by atomic mass is 10.1. The minimum Gasteiger partial charge on any atom is -0.497 e. The third kappa shape index (κ3) is 4.28. The van der Waals surface area contributed by atoms with Crippen LogP contribution in [0.1, 0.15) is 11.1 Å². The Kier molecular flexibility index (Phi) is 4.89. The minimum atomic E-state index is -4.51. The lowest BCUT2D eigenvalue weighted by molar-refractivity contribution is -0.137. The molecule has 1 aromatic heterocycles. The third-order valence-corrected chi connectivity index (χ3v) is 3.86. The number of benzene rings is 2. The summed E-state index contributed by atoms with van der Waals surface area (Å²) >= 11 is 0. The largest absolute Gasteiger partial charge is 0.497 e. The number of nitrogens with one attached hydrogen (secondary N) is 1. The van der Waals surface area contributed by atoms with Gasteiger partial charge in [-0.15, -0.1) is 0 Å². The molecule has 5 nitrogen and oxygen atoms in total. The zero-order chi connectivity index (χ0) is 19.6. The zero-order valence-electron chi connectivity index (χ0n) is 14.1. The van der Waals surface area contributed by atoms with Gasteiger partial charge in [0.1, 0.15) is 11.3 Å². The number of hydrogen-bond acceptors (Lipinski definition) is 4. The molecule has 0 saturated carbocycles. The predicted octanol–water partition coefficient (Wildman–Crippen LogP) is 4.00. The Morgan fingerprint density at radius 1 is 1.15 bits per heavy atom. The maximum Gasteiger partial charge on any atom is 0.416 e. The molecule has 27 heavy (non-hydrogen) atoms. The summed E-state index contributed by atoms with van der Waals surface area (Å²) < 4.78 is 48.5. The van der Waals surface area contributed by atoms with E-state index in [1.165, 1.54) is 31.4 Å². The number of halogens is 3. The summed E-state index contributed by atoms with van der Waals surface area (Å²) in [7, 11) is 1.46. The minimum absolute atomic E-state index is 0.0174. The molecule has 1 heterocycles. The van der Waals surface area contributed by atoms with Crippen molar-refractivity contribution in [1.82, 2.24) is 0 Å². The number of carbonyl (C=O) groups is 1. The van der Waals surface area contributed by atoms with E-state index in [-0.39, 0.29) is 17.7 Å². The molecule has 0 saturated heterocycles. The van der Waals surface area contributed by atoms with Crippen molar-refractivity contribution >= 4 is 22.6 Å². The number of rotatable bonds is 4. The number of hydrogen-bond donors (Lipinski definition) is 1. The van der Waals surface area contributed by atoms with Gasteiger partial charge in [0, 0.05) is 23.2 Å². The summed E-state index contributed by atoms with van der Waals surface area (Å²) in [6, 6.07) is 10.3. The summed E-state index contributed by atoms with van der Waals surface area (Å²) in [5.41, 5.74) is -0.836. The second-order valence-corrected chi connectivity index (χ2v) is 5.76. The van der Waals surface area contributed by atoms with Gasteiger partial charge in [-0.25, -0.2) is 4.79 Å². The number of fused-ring (bicyclic) bond motifs is 1. The Bertz CT molecular complexity index is 1060. The molecule has 3 rings (SSSR count). The van der Waals surface area contributed by atoms with Crippen molar-refractivity contribution < 1.29 is 27.1 Å². The summed E-state index contributed by atoms with van der Waals surface area (Å²) in [6.45, 7) is 0. The lowest BCUT2D eigenvalue weighted by Crippen LogP contribution is -2.16. The van der Waals surface area contributed by atoms with Gasteiger partial charge in [0.05, 0.1) is 19.1 Å². The molecule has 0 spiro atoms. The van der Waals surface area contributed by atoms with Crippen molar-refractivity contribution in [3.63, 3.8) is 0 Å². The first-order chi connectivity index (χ1) is 12.8. The lowest BCUT2D eigenvalue weighted by Gasteiger charge is -2.10. The Morgan fingerprint density at radius 2 is 1.93 bits per heavy atom. The van der Waals surface area contributed by atoms with Crippen LogP contribution < -0.4 is 15.7 Å². The molecule has 0 radical (unpaired) electrons. The SMILES string of the molecule is COc1ccc2c(CC(=O)Nc3cccc(C(F)(F)F)c3)cc(=O)oc2c1. The van der Waals surface area contributed by atoms with E-state index < -0.39 is 23.3 Å². The fraction of sp³-hybridized carbons (Fsp3) is 0.158. The van der Waals surface area contributed by atoms with Gasteiger partial charge in [-0.05, 0) is 35.9 Å². The van der Waals surface area contributed by atoms with Gasteiger partial charge in [-0.3, -0.25) is 4.79 Å². The smallest absolute Gasteiger partial charge is 0.416 e. The first-order valence-corrected chi connectivity index (χ1v) is 7.84. The van der Waals surface area contributed by atoms with Crippen LogP contribution in [0.5, 0.6) is 5.75 Å². The number of carbonyl (C=O) groups excluding carboxylic acids is 1. The van der Waals surface area contributed by atoms with Crippen LogP contribution in [0.3, 0.4) is 0 Å². The van der Waals surface area contributed by atoms with Crippen molar-refractivity contribution in [2.24, 2.45) is 0 Å². The van der Waals surface area contributed by atoms with Crippen LogP contribution in [0.2, 0.25) is 0 Å². The van der Waals surface area contributed by atoms with E-state index in [0.717, 1.165) is 12.1 Å². The van der Waals surface area contributed by atoms with Gasteiger partial charge in [-0.1, -0.05) is 6.07 Å². The van der Waals surface area contributed by atoms with Crippen LogP contribution >= 0.6 is 0 Å². The molecule has 0 atom stereocenters. The molecule has 0 aliphatic rings. The number of alkyl halides is 3. The van der Waals surface area contributed by atoms with Crippen molar-refractivity contribution in [2.75, 3.05) is 12.4 Å². The molecule has 140 valence electrons. The maximum atomic E-state index is 12.8. The number of anilines is 1. The van der Waals surface area contributed by atoms with E-state index in [4.69, 9.17) is 9.15 Å². The molecular formula is C19H14F3NO4. The predicted molar refractivity (Wildman–Crippen MR) is 92.8 cm³/mol. The van der Waals surface area contributed by atoms with Crippen LogP contribution in [0.15, 0.2) is 57.7 Å². The van der Waals surface area contributed by atoms with Gasteiger partial charge in [0.15, 0.2) is 0 Å². The number of amides is 1. The van der Waals surface area contributed by atoms with E-state index in [1.807, 2.05) is 0 Å². The van der Waals surface area contributed by atoms with Crippen LogP contribution in [0, 0.1) is 0 Å². The topological polar surface area (TPSA) is 68.5 Å². The number of ether oxygens (including phenoxy) is 1. The summed E-state index contributed by atoms with van der Waals surface area (Å²) in [6.07, 6.45) is -4.71. The molecule has 0 bridgehead atoms. The van der Waals surface area contributed by atoms with Crippen LogP contribution in [0.4, 0.5) is 18.9 Å². The van der Waals surface area contributed by atoms with Gasteiger partial charge in [0.25, 0.3) is 0 Å². The Morgan fingerprint density at radius 3 is 2.63 bits per heavy atom. The van der Waals surface area contributed by atoms with Gasteiger partial charge in [0.2, 0.25) is 5.91 Å². The average molecular weight is 377 g/mol. The maximum absolute atomic E-state index is 12.8. The van der Waals surface area contributed by atoms with Crippen molar-refractivity contribution in [3.8, 4) is 5.75 Å². The van der Waals surface area contributed by atoms with E-state index >= 15 is 0 Å². The third-order valence-electron chi connectivity index (χ3n) is 3.86. The molecule has 0 aliphatic heterocycles. The van der Waals surface area contributed by atoms with E-state index in [0.29, 0.717) is 16.7 Å². The van der Waals surface area contributed by atoms with Gasteiger partial charge in [-0.2, -0.15) is 13.2 Å². The Hall–Kier alpha value is -3.29. The highest BCUT2D eigenvalue weighted by molar-refractivity contribution is 5.95. The summed E-state index contributed by atoms with van der Waals surface area (Å²) in [4.78, 5) is 24.0. The van der Waals surface area contributed by atoms with Crippen LogP contribution in [0.25, 0.3) is 11.0 Å². The second kappa shape index (κ2) is 7.14. The van der Waals surface area contributed by atoms with Crippen molar-refractivity contribution in [1.29, 1.82) is 0 Å². The van der Waals surface area contributed by atoms with Crippen LogP contribution in [-0.4, -0.2) is 13.0 Å². The molecule has 1 N–H and O–H groups in total. The van der Waals surface area contributed by atoms with Gasteiger partial charge >= 0.3 is 11.8 Å². The zero-order valence-corrected chi connectivity index (χ0v) is 14.1. The first kappa shape index (κ1) is 18.5. The molecule has 0 fully saturated rings. The van der Waals surface area contributed by atoms with Crippen molar-refractivity contribution in [2.45, 2.75) is 12.6 Å². The molecular weight excluding hydrogens is 363 g/mol. The molecule has 3 aromatic rings. The molecule has 0 unspecified atom stereocenters. The second-order valence-electron chi connectivity index (χ2n) is 5.76. The highest BCUT2D eigenvalue weighted by Gasteiger charge is 2.30. The first-order valence-electron chi connectivity index (χ1n) is 7.84. The van der Waals surface area contributed by atoms with Gasteiger partial charge < -0.3 is 14.5 Å². The standard InChI is InChI=1S/C19H14F3NO4/c1-26-14-5-6-15-11(8-18(25)27-16(15)10-14)7-17(24)23-13-4-2-3-12(9-13)19(20,21)22/h2-6,8-10H,7H2,1H3,(H,23,24). The van der Waals surface area contributed by atoms with Crippen LogP contribution in [-0.2, 0) is 17.4 Å². The molecule has 8 heteroatoms. The number of methoxy groups -OCH3 is 1. The van der Waals surface area contributed by atoms with E-state index in [1.54, 1.807) is 12.1 Å². The fourth-order valence-corrected chi connectivity index (χ4v) is 2.63. The van der Waals surface area contributed by atoms with Crippen molar-refractivity contribution in [3.05, 3.63) is 70.1 Å². The van der Waals surface area contributed by atoms with E-state index in [2.05, 4.69) is 5.32 Å². The Labute approximate surface area is 151 Å².